The summed E-state index contributed by atoms with van der Waals surface area (Å²) in [4.78, 5) is 16.0. The van der Waals surface area contributed by atoms with Crippen LogP contribution in [0.4, 0.5) is 0 Å². The summed E-state index contributed by atoms with van der Waals surface area (Å²) in [7, 11) is 0. The van der Waals surface area contributed by atoms with Gasteiger partial charge in [-0.1, -0.05) is 6.92 Å². The van der Waals surface area contributed by atoms with Gasteiger partial charge in [-0.3, -0.25) is 9.69 Å². The van der Waals surface area contributed by atoms with Crippen LogP contribution in [-0.2, 0) is 9.53 Å². The van der Waals surface area contributed by atoms with E-state index in [1.165, 1.54) is 0 Å². The average molecular weight is 228 g/mol. The van der Waals surface area contributed by atoms with Gasteiger partial charge in [-0.25, -0.2) is 0 Å². The first-order chi connectivity index (χ1) is 7.77. The van der Waals surface area contributed by atoms with Crippen molar-refractivity contribution in [2.45, 2.75) is 32.0 Å². The minimum absolute atomic E-state index is 0.00986. The highest BCUT2D eigenvalue weighted by Crippen LogP contribution is 2.24. The molecule has 1 N–H and O–H groups in total. The van der Waals surface area contributed by atoms with Crippen molar-refractivity contribution in [2.24, 2.45) is 0 Å². The third kappa shape index (κ3) is 2.07. The summed E-state index contributed by atoms with van der Waals surface area (Å²) in [6, 6.07) is -0.168. The molecule has 2 atom stereocenters. The molecule has 5 nitrogen and oxygen atoms in total. The van der Waals surface area contributed by atoms with Crippen molar-refractivity contribution in [2.75, 3.05) is 32.9 Å². The number of carbonyl (C=O) groups excluding carboxylic acids is 1. The maximum Gasteiger partial charge on any atom is 0.250 e. The second kappa shape index (κ2) is 5.12. The van der Waals surface area contributed by atoms with E-state index in [0.717, 1.165) is 25.9 Å². The van der Waals surface area contributed by atoms with Gasteiger partial charge in [0.05, 0.1) is 25.4 Å². The number of rotatable bonds is 3. The smallest absolute Gasteiger partial charge is 0.250 e. The molecule has 2 aliphatic rings. The van der Waals surface area contributed by atoms with Crippen molar-refractivity contribution in [3.05, 3.63) is 0 Å². The first-order valence-corrected chi connectivity index (χ1v) is 6.01. The number of aliphatic hydroxyl groups excluding tert-OH is 1. The van der Waals surface area contributed by atoms with Gasteiger partial charge in [-0.2, -0.15) is 0 Å². The van der Waals surface area contributed by atoms with E-state index in [1.807, 2.05) is 4.90 Å². The molecule has 2 fully saturated rings. The number of hydrogen-bond acceptors (Lipinski definition) is 4. The average Bonchev–Trinajstić information content (AvgIpc) is 2.76. The van der Waals surface area contributed by atoms with Crippen LogP contribution in [0.1, 0.15) is 19.8 Å². The molecular formula is C11H20N2O3. The number of carbonyl (C=O) groups is 1. The van der Waals surface area contributed by atoms with Crippen molar-refractivity contribution in [3.8, 4) is 0 Å². The lowest BCUT2D eigenvalue weighted by Crippen LogP contribution is -2.59. The molecule has 2 saturated heterocycles. The zero-order valence-electron chi connectivity index (χ0n) is 9.76. The van der Waals surface area contributed by atoms with Crippen molar-refractivity contribution < 1.29 is 14.6 Å². The Labute approximate surface area is 96.0 Å². The van der Waals surface area contributed by atoms with Crippen LogP contribution in [-0.4, -0.2) is 65.9 Å². The van der Waals surface area contributed by atoms with Gasteiger partial charge < -0.3 is 14.7 Å². The third-order valence-corrected chi connectivity index (χ3v) is 3.48. The summed E-state index contributed by atoms with van der Waals surface area (Å²) in [6.45, 7) is 4.70. The molecule has 0 radical (unpaired) electrons. The Balaban J connectivity index is 2.11. The van der Waals surface area contributed by atoms with Gasteiger partial charge >= 0.3 is 0 Å². The van der Waals surface area contributed by atoms with Gasteiger partial charge in [0.1, 0.15) is 6.61 Å². The van der Waals surface area contributed by atoms with Crippen LogP contribution >= 0.6 is 0 Å². The lowest BCUT2D eigenvalue weighted by atomic mass is 10.2. The molecular weight excluding hydrogens is 208 g/mol. The number of aliphatic hydroxyl groups is 1. The number of amides is 1. The summed E-state index contributed by atoms with van der Waals surface area (Å²) >= 11 is 0. The van der Waals surface area contributed by atoms with Crippen molar-refractivity contribution in [3.63, 3.8) is 0 Å². The topological polar surface area (TPSA) is 53.0 Å². The molecule has 5 heteroatoms. The van der Waals surface area contributed by atoms with Crippen LogP contribution in [0.2, 0.25) is 0 Å². The Morgan fingerprint density at radius 1 is 1.56 bits per heavy atom. The Hall–Kier alpha value is -0.650. The highest BCUT2D eigenvalue weighted by Gasteiger charge is 2.38. The minimum Gasteiger partial charge on any atom is -0.394 e. The van der Waals surface area contributed by atoms with Crippen LogP contribution in [0.5, 0.6) is 0 Å². The second-order valence-electron chi connectivity index (χ2n) is 4.40. The first kappa shape index (κ1) is 11.8. The van der Waals surface area contributed by atoms with Gasteiger partial charge in [0.2, 0.25) is 5.91 Å². The predicted molar refractivity (Wildman–Crippen MR) is 58.8 cm³/mol. The van der Waals surface area contributed by atoms with E-state index in [2.05, 4.69) is 11.8 Å². The lowest BCUT2D eigenvalue weighted by Gasteiger charge is -2.41. The molecule has 0 aromatic rings. The monoisotopic (exact) mass is 228 g/mol. The largest absolute Gasteiger partial charge is 0.394 e. The molecule has 0 spiro atoms. The van der Waals surface area contributed by atoms with Crippen LogP contribution in [0, 0.1) is 0 Å². The Kier molecular flexibility index (Phi) is 3.78. The van der Waals surface area contributed by atoms with Crippen molar-refractivity contribution in [1.29, 1.82) is 0 Å². The standard InChI is InChI=1S/C11H20N2O3/c1-2-12-5-3-4-10(12)13-9(6-14)7-16-8-11(13)15/h9-10,14H,2-8H2,1H3. The summed E-state index contributed by atoms with van der Waals surface area (Å²) in [5, 5.41) is 9.31. The highest BCUT2D eigenvalue weighted by atomic mass is 16.5. The van der Waals surface area contributed by atoms with Crippen LogP contribution < -0.4 is 0 Å². The predicted octanol–water partition coefficient (Wildman–Crippen LogP) is -0.352. The molecule has 0 aromatic heterocycles. The Bertz CT molecular complexity index is 260. The molecule has 2 aliphatic heterocycles. The van der Waals surface area contributed by atoms with Gasteiger partial charge in [0, 0.05) is 6.54 Å². The zero-order chi connectivity index (χ0) is 11.5. The quantitative estimate of drug-likeness (QED) is 0.717. The number of hydrogen-bond donors (Lipinski definition) is 1. The van der Waals surface area contributed by atoms with E-state index in [9.17, 15) is 9.90 Å². The van der Waals surface area contributed by atoms with E-state index in [1.54, 1.807) is 0 Å². The van der Waals surface area contributed by atoms with Gasteiger partial charge in [-0.15, -0.1) is 0 Å². The molecule has 2 heterocycles. The van der Waals surface area contributed by atoms with E-state index in [4.69, 9.17) is 4.74 Å². The first-order valence-electron chi connectivity index (χ1n) is 6.01. The summed E-state index contributed by atoms with van der Waals surface area (Å²) in [6.07, 6.45) is 2.30. The normalized spacial score (nSPS) is 32.4. The van der Waals surface area contributed by atoms with E-state index >= 15 is 0 Å². The Morgan fingerprint density at radius 3 is 3.06 bits per heavy atom. The molecule has 2 unspecified atom stereocenters. The zero-order valence-corrected chi connectivity index (χ0v) is 9.76. The molecule has 0 aromatic carbocycles. The fourth-order valence-corrected chi connectivity index (χ4v) is 2.68. The maximum atomic E-state index is 11.9. The maximum absolute atomic E-state index is 11.9. The number of morpholine rings is 1. The fourth-order valence-electron chi connectivity index (χ4n) is 2.68. The van der Waals surface area contributed by atoms with Gasteiger partial charge in [0.15, 0.2) is 0 Å². The summed E-state index contributed by atoms with van der Waals surface area (Å²) in [5.41, 5.74) is 0. The lowest BCUT2D eigenvalue weighted by molar-refractivity contribution is -0.159. The van der Waals surface area contributed by atoms with Crippen LogP contribution in [0.25, 0.3) is 0 Å². The van der Waals surface area contributed by atoms with Crippen molar-refractivity contribution >= 4 is 5.91 Å². The van der Waals surface area contributed by atoms with Crippen LogP contribution in [0.3, 0.4) is 0 Å². The molecule has 0 saturated carbocycles. The van der Waals surface area contributed by atoms with Crippen molar-refractivity contribution in [1.82, 2.24) is 9.80 Å². The second-order valence-corrected chi connectivity index (χ2v) is 4.40. The molecule has 92 valence electrons. The minimum atomic E-state index is -0.168. The SMILES string of the molecule is CCN1CCCC1N1C(=O)COCC1CO. The molecule has 16 heavy (non-hydrogen) atoms. The number of ether oxygens (including phenoxy) is 1. The fraction of sp³-hybridized carbons (Fsp3) is 0.909. The van der Waals surface area contributed by atoms with E-state index < -0.39 is 0 Å². The van der Waals surface area contributed by atoms with Crippen LogP contribution in [0.15, 0.2) is 0 Å². The van der Waals surface area contributed by atoms with E-state index in [0.29, 0.717) is 6.61 Å². The van der Waals surface area contributed by atoms with E-state index in [-0.39, 0.29) is 31.3 Å². The third-order valence-electron chi connectivity index (χ3n) is 3.48. The summed E-state index contributed by atoms with van der Waals surface area (Å²) < 4.78 is 5.17. The number of likely N-dealkylation sites (tertiary alicyclic amines) is 1. The molecule has 1 amide bonds. The van der Waals surface area contributed by atoms with Gasteiger partial charge in [-0.05, 0) is 19.4 Å². The number of nitrogens with zero attached hydrogens (tertiary/aromatic N) is 2. The molecule has 0 bridgehead atoms. The molecule has 0 aliphatic carbocycles. The van der Waals surface area contributed by atoms with Gasteiger partial charge in [0.25, 0.3) is 0 Å². The Morgan fingerprint density at radius 2 is 2.38 bits per heavy atom. The summed E-state index contributed by atoms with van der Waals surface area (Å²) in [5.74, 6) is 0.00986. The highest BCUT2D eigenvalue weighted by molar-refractivity contribution is 5.78. The molecule has 2 rings (SSSR count).